The number of piperidine rings is 1. The minimum Gasteiger partial charge on any atom is -0.506 e. The average Bonchev–Trinajstić information content (AvgIpc) is 2.80. The number of nitrogens with one attached hydrogen (secondary N) is 1. The fraction of sp³-hybridized carbons (Fsp3) is 0.280. The van der Waals surface area contributed by atoms with Crippen LogP contribution in [0.5, 0.6) is 5.75 Å². The highest BCUT2D eigenvalue weighted by Crippen LogP contribution is 2.29. The molecular weight excluding hydrogens is 392 g/mol. The molecule has 0 spiro atoms. The second kappa shape index (κ2) is 9.62. The van der Waals surface area contributed by atoms with Gasteiger partial charge >= 0.3 is 5.97 Å². The SMILES string of the molecule is O=C(COC(=O)c1ccc2ccccc2c1O)NC1CCN(Cc2ccccc2)CC1. The first-order chi connectivity index (χ1) is 15.1. The number of rotatable bonds is 6. The van der Waals surface area contributed by atoms with E-state index >= 15 is 0 Å². The highest BCUT2D eigenvalue weighted by molar-refractivity contribution is 6.01. The number of fused-ring (bicyclic) bond motifs is 1. The Kier molecular flexibility index (Phi) is 6.48. The van der Waals surface area contributed by atoms with Crippen molar-refractivity contribution in [2.45, 2.75) is 25.4 Å². The Morgan fingerprint density at radius 2 is 1.68 bits per heavy atom. The van der Waals surface area contributed by atoms with E-state index in [0.29, 0.717) is 5.39 Å². The second-order valence-electron chi connectivity index (χ2n) is 7.86. The number of amides is 1. The number of carbonyl (C=O) groups is 2. The van der Waals surface area contributed by atoms with Crippen LogP contribution in [0.15, 0.2) is 66.7 Å². The lowest BCUT2D eigenvalue weighted by atomic mass is 10.0. The van der Waals surface area contributed by atoms with Crippen molar-refractivity contribution in [3.8, 4) is 5.75 Å². The van der Waals surface area contributed by atoms with Gasteiger partial charge in [-0.3, -0.25) is 9.69 Å². The van der Waals surface area contributed by atoms with Crippen molar-refractivity contribution < 1.29 is 19.4 Å². The lowest BCUT2D eigenvalue weighted by Crippen LogP contribution is -2.45. The van der Waals surface area contributed by atoms with Crippen molar-refractivity contribution in [1.82, 2.24) is 10.2 Å². The Morgan fingerprint density at radius 3 is 2.45 bits per heavy atom. The maximum atomic E-state index is 12.4. The Bertz CT molecular complexity index is 1060. The van der Waals surface area contributed by atoms with Crippen molar-refractivity contribution in [1.29, 1.82) is 0 Å². The molecule has 0 bridgehead atoms. The van der Waals surface area contributed by atoms with Crippen LogP contribution in [0.4, 0.5) is 0 Å². The van der Waals surface area contributed by atoms with Gasteiger partial charge in [0.15, 0.2) is 6.61 Å². The summed E-state index contributed by atoms with van der Waals surface area (Å²) in [7, 11) is 0. The summed E-state index contributed by atoms with van der Waals surface area (Å²) in [6.07, 6.45) is 1.72. The molecule has 1 aliphatic heterocycles. The monoisotopic (exact) mass is 418 g/mol. The van der Waals surface area contributed by atoms with E-state index in [1.165, 1.54) is 11.6 Å². The number of phenols is 1. The van der Waals surface area contributed by atoms with Crippen LogP contribution in [-0.2, 0) is 16.1 Å². The van der Waals surface area contributed by atoms with Gasteiger partial charge in [0.1, 0.15) is 11.3 Å². The molecule has 1 aliphatic rings. The van der Waals surface area contributed by atoms with E-state index in [1.807, 2.05) is 30.3 Å². The van der Waals surface area contributed by atoms with E-state index in [2.05, 4.69) is 22.3 Å². The van der Waals surface area contributed by atoms with E-state index in [9.17, 15) is 14.7 Å². The topological polar surface area (TPSA) is 78.9 Å². The van der Waals surface area contributed by atoms with E-state index in [0.717, 1.165) is 37.9 Å². The maximum absolute atomic E-state index is 12.4. The first-order valence-electron chi connectivity index (χ1n) is 10.5. The number of hydrogen-bond donors (Lipinski definition) is 2. The summed E-state index contributed by atoms with van der Waals surface area (Å²) in [6, 6.07) is 20.9. The average molecular weight is 418 g/mol. The summed E-state index contributed by atoms with van der Waals surface area (Å²) in [5, 5.41) is 14.7. The van der Waals surface area contributed by atoms with E-state index in [-0.39, 0.29) is 29.9 Å². The molecule has 1 amide bonds. The van der Waals surface area contributed by atoms with Crippen LogP contribution >= 0.6 is 0 Å². The lowest BCUT2D eigenvalue weighted by molar-refractivity contribution is -0.125. The predicted octanol–water partition coefficient (Wildman–Crippen LogP) is 3.48. The molecule has 0 aliphatic carbocycles. The van der Waals surface area contributed by atoms with Crippen LogP contribution in [-0.4, -0.2) is 47.6 Å². The number of esters is 1. The van der Waals surface area contributed by atoms with Gasteiger partial charge < -0.3 is 15.2 Å². The van der Waals surface area contributed by atoms with Gasteiger partial charge in [0.25, 0.3) is 5.91 Å². The summed E-state index contributed by atoms with van der Waals surface area (Å²) in [6.45, 7) is 2.36. The van der Waals surface area contributed by atoms with Gasteiger partial charge in [0.05, 0.1) is 0 Å². The smallest absolute Gasteiger partial charge is 0.342 e. The molecule has 0 radical (unpaired) electrons. The molecule has 1 fully saturated rings. The molecule has 1 saturated heterocycles. The Balaban J connectivity index is 1.23. The highest BCUT2D eigenvalue weighted by atomic mass is 16.5. The molecule has 31 heavy (non-hydrogen) atoms. The zero-order valence-corrected chi connectivity index (χ0v) is 17.3. The van der Waals surface area contributed by atoms with Crippen LogP contribution in [0.3, 0.4) is 0 Å². The second-order valence-corrected chi connectivity index (χ2v) is 7.86. The zero-order valence-electron chi connectivity index (χ0n) is 17.3. The van der Waals surface area contributed by atoms with Crippen LogP contribution in [0.25, 0.3) is 10.8 Å². The fourth-order valence-corrected chi connectivity index (χ4v) is 3.98. The molecule has 6 nitrogen and oxygen atoms in total. The Hall–Kier alpha value is -3.38. The van der Waals surface area contributed by atoms with Crippen molar-refractivity contribution in [2.75, 3.05) is 19.7 Å². The molecule has 0 aromatic heterocycles. The number of benzene rings is 3. The summed E-state index contributed by atoms with van der Waals surface area (Å²) >= 11 is 0. The minimum absolute atomic E-state index is 0.0562. The first-order valence-corrected chi connectivity index (χ1v) is 10.5. The molecule has 160 valence electrons. The summed E-state index contributed by atoms with van der Waals surface area (Å²) in [5.41, 5.74) is 1.34. The number of ether oxygens (including phenoxy) is 1. The summed E-state index contributed by atoms with van der Waals surface area (Å²) in [4.78, 5) is 27.0. The molecule has 6 heteroatoms. The Morgan fingerprint density at radius 1 is 0.968 bits per heavy atom. The number of nitrogens with zero attached hydrogens (tertiary/aromatic N) is 1. The molecule has 0 saturated carbocycles. The van der Waals surface area contributed by atoms with E-state index in [4.69, 9.17) is 4.74 Å². The quantitative estimate of drug-likeness (QED) is 0.599. The third kappa shape index (κ3) is 5.22. The number of likely N-dealkylation sites (tertiary alicyclic amines) is 1. The third-order valence-electron chi connectivity index (χ3n) is 5.66. The van der Waals surface area contributed by atoms with Crippen molar-refractivity contribution >= 4 is 22.6 Å². The van der Waals surface area contributed by atoms with Crippen LogP contribution in [0.1, 0.15) is 28.8 Å². The standard InChI is InChI=1S/C25H26N2O4/c28-23(26-20-12-14-27(15-13-20)16-18-6-2-1-3-7-18)17-31-25(30)22-11-10-19-8-4-5-9-21(19)24(22)29/h1-11,20,29H,12-17H2,(H,26,28). The third-order valence-corrected chi connectivity index (χ3v) is 5.66. The molecule has 0 atom stereocenters. The van der Waals surface area contributed by atoms with Crippen molar-refractivity contribution in [2.24, 2.45) is 0 Å². The van der Waals surface area contributed by atoms with Gasteiger partial charge in [-0.25, -0.2) is 4.79 Å². The highest BCUT2D eigenvalue weighted by Gasteiger charge is 2.22. The van der Waals surface area contributed by atoms with Crippen LogP contribution in [0.2, 0.25) is 0 Å². The molecule has 3 aromatic rings. The maximum Gasteiger partial charge on any atom is 0.342 e. The van der Waals surface area contributed by atoms with Crippen molar-refractivity contribution in [3.63, 3.8) is 0 Å². The summed E-state index contributed by atoms with van der Waals surface area (Å²) < 4.78 is 5.14. The van der Waals surface area contributed by atoms with Crippen LogP contribution < -0.4 is 5.32 Å². The normalized spacial score (nSPS) is 15.0. The predicted molar refractivity (Wildman–Crippen MR) is 119 cm³/mol. The largest absolute Gasteiger partial charge is 0.506 e. The lowest BCUT2D eigenvalue weighted by Gasteiger charge is -2.32. The molecule has 2 N–H and O–H groups in total. The van der Waals surface area contributed by atoms with Gasteiger partial charge in [0, 0.05) is 31.1 Å². The minimum atomic E-state index is -0.712. The van der Waals surface area contributed by atoms with Gasteiger partial charge in [0.2, 0.25) is 0 Å². The van der Waals surface area contributed by atoms with Gasteiger partial charge in [-0.05, 0) is 29.9 Å². The molecule has 1 heterocycles. The van der Waals surface area contributed by atoms with E-state index < -0.39 is 5.97 Å². The number of hydrogen-bond acceptors (Lipinski definition) is 5. The molecule has 0 unspecified atom stereocenters. The molecule has 3 aromatic carbocycles. The fourth-order valence-electron chi connectivity index (χ4n) is 3.98. The molecular formula is C25H26N2O4. The number of phenolic OH excluding ortho intramolecular Hbond substituents is 1. The van der Waals surface area contributed by atoms with Gasteiger partial charge in [-0.15, -0.1) is 0 Å². The number of carbonyl (C=O) groups excluding carboxylic acids is 2. The molecule has 4 rings (SSSR count). The van der Waals surface area contributed by atoms with Crippen molar-refractivity contribution in [3.05, 3.63) is 77.9 Å². The van der Waals surface area contributed by atoms with Gasteiger partial charge in [-0.1, -0.05) is 60.7 Å². The Labute approximate surface area is 181 Å². The summed E-state index contributed by atoms with van der Waals surface area (Å²) in [5.74, 6) is -1.17. The van der Waals surface area contributed by atoms with E-state index in [1.54, 1.807) is 18.2 Å². The van der Waals surface area contributed by atoms with Crippen LogP contribution in [0, 0.1) is 0 Å². The number of aromatic hydroxyl groups is 1. The zero-order chi connectivity index (χ0) is 21.6. The van der Waals surface area contributed by atoms with Gasteiger partial charge in [-0.2, -0.15) is 0 Å². The first kappa shape index (κ1) is 20.9.